The molecule has 6 nitrogen and oxygen atoms in total. The topological polar surface area (TPSA) is 98.2 Å². The van der Waals surface area contributed by atoms with E-state index in [9.17, 15) is 8.42 Å². The monoisotopic (exact) mass is 245 g/mol. The van der Waals surface area contributed by atoms with E-state index in [0.29, 0.717) is 5.69 Å². The van der Waals surface area contributed by atoms with Crippen molar-refractivity contribution in [2.45, 2.75) is 30.2 Å². The van der Waals surface area contributed by atoms with Gasteiger partial charge in [-0.25, -0.2) is 13.1 Å². The zero-order valence-corrected chi connectivity index (χ0v) is 9.87. The summed E-state index contributed by atoms with van der Waals surface area (Å²) in [5.41, 5.74) is 6.32. The van der Waals surface area contributed by atoms with Crippen molar-refractivity contribution in [1.82, 2.24) is 9.78 Å². The van der Waals surface area contributed by atoms with Gasteiger partial charge in [0.25, 0.3) is 0 Å². The minimum atomic E-state index is -3.36. The van der Waals surface area contributed by atoms with Gasteiger partial charge in [-0.3, -0.25) is 0 Å². The van der Waals surface area contributed by atoms with Gasteiger partial charge in [0.2, 0.25) is 0 Å². The molecule has 0 bridgehead atoms. The summed E-state index contributed by atoms with van der Waals surface area (Å²) in [5.74, 6) is 0.352. The van der Waals surface area contributed by atoms with Crippen molar-refractivity contribution in [1.29, 1.82) is 0 Å². The molecule has 0 aromatic carbocycles. The molecule has 1 aromatic heterocycles. The number of aliphatic hydroxyl groups is 1. The van der Waals surface area contributed by atoms with Crippen LogP contribution < -0.4 is 5.73 Å². The van der Waals surface area contributed by atoms with Crippen molar-refractivity contribution in [3.63, 3.8) is 0 Å². The lowest BCUT2D eigenvalue weighted by Crippen LogP contribution is -2.09. The predicted molar refractivity (Wildman–Crippen MR) is 58.8 cm³/mol. The Hall–Kier alpha value is -1.08. The van der Waals surface area contributed by atoms with Crippen LogP contribution in [-0.4, -0.2) is 36.2 Å². The molecule has 0 radical (unpaired) electrons. The van der Waals surface area contributed by atoms with E-state index in [0.717, 1.165) is 19.1 Å². The van der Waals surface area contributed by atoms with Gasteiger partial charge in [-0.15, -0.1) is 0 Å². The Balaban J connectivity index is 2.55. The molecule has 0 aliphatic heterocycles. The third kappa shape index (κ3) is 1.92. The zero-order chi connectivity index (χ0) is 11.9. The normalized spacial score (nSPS) is 16.6. The van der Waals surface area contributed by atoms with Crippen LogP contribution in [0.4, 0.5) is 5.82 Å². The molecule has 0 spiro atoms. The molecule has 1 aromatic rings. The molecule has 1 aliphatic rings. The molecule has 1 heterocycles. The number of nitrogens with two attached hydrogens (primary N) is 1. The van der Waals surface area contributed by atoms with Crippen molar-refractivity contribution >= 4 is 15.7 Å². The fraction of sp³-hybridized carbons (Fsp3) is 0.667. The van der Waals surface area contributed by atoms with Crippen LogP contribution in [0.5, 0.6) is 0 Å². The highest BCUT2D eigenvalue weighted by atomic mass is 32.2. The van der Waals surface area contributed by atoms with E-state index in [-0.39, 0.29) is 29.8 Å². The van der Waals surface area contributed by atoms with Gasteiger partial charge in [0.05, 0.1) is 18.8 Å². The molecule has 1 saturated carbocycles. The van der Waals surface area contributed by atoms with Gasteiger partial charge >= 0.3 is 0 Å². The molecular weight excluding hydrogens is 230 g/mol. The number of hydrogen-bond donors (Lipinski definition) is 2. The molecule has 1 fully saturated rings. The summed E-state index contributed by atoms with van der Waals surface area (Å²) >= 11 is 0. The standard InChI is InChI=1S/C9H15N3O3S/c1-16(14,15)8-7(6-2-3-6)11-12(4-5-13)9(8)10/h6,13H,2-5,10H2,1H3. The lowest BCUT2D eigenvalue weighted by molar-refractivity contribution is 0.270. The van der Waals surface area contributed by atoms with Gasteiger partial charge in [0.15, 0.2) is 9.84 Å². The summed E-state index contributed by atoms with van der Waals surface area (Å²) in [5, 5.41) is 13.0. The lowest BCUT2D eigenvalue weighted by atomic mass is 10.3. The smallest absolute Gasteiger partial charge is 0.181 e. The number of anilines is 1. The molecular formula is C9H15N3O3S. The van der Waals surface area contributed by atoms with Crippen LogP contribution in [0.1, 0.15) is 24.5 Å². The highest BCUT2D eigenvalue weighted by Gasteiger charge is 2.34. The van der Waals surface area contributed by atoms with Crippen molar-refractivity contribution in [3.05, 3.63) is 5.69 Å². The quantitative estimate of drug-likeness (QED) is 0.761. The Kier molecular flexibility index (Phi) is 2.67. The van der Waals surface area contributed by atoms with E-state index in [2.05, 4.69) is 5.10 Å². The van der Waals surface area contributed by atoms with E-state index >= 15 is 0 Å². The second-order valence-corrected chi connectivity index (χ2v) is 6.05. The lowest BCUT2D eigenvalue weighted by Gasteiger charge is -2.01. The van der Waals surface area contributed by atoms with E-state index in [1.54, 1.807) is 0 Å². The molecule has 1 aliphatic carbocycles. The van der Waals surface area contributed by atoms with Gasteiger partial charge in [-0.1, -0.05) is 0 Å². The number of rotatable bonds is 4. The molecule has 0 atom stereocenters. The second kappa shape index (κ2) is 3.74. The Labute approximate surface area is 94.0 Å². The van der Waals surface area contributed by atoms with E-state index in [1.807, 2.05) is 0 Å². The van der Waals surface area contributed by atoms with Gasteiger partial charge in [0, 0.05) is 12.2 Å². The van der Waals surface area contributed by atoms with Gasteiger partial charge in [0.1, 0.15) is 10.7 Å². The fourth-order valence-electron chi connectivity index (χ4n) is 1.75. The maximum Gasteiger partial charge on any atom is 0.181 e. The fourth-order valence-corrected chi connectivity index (χ4v) is 2.82. The molecule has 2 rings (SSSR count). The third-order valence-corrected chi connectivity index (χ3v) is 3.78. The summed E-state index contributed by atoms with van der Waals surface area (Å²) < 4.78 is 24.6. The van der Waals surface area contributed by atoms with Gasteiger partial charge < -0.3 is 10.8 Å². The van der Waals surface area contributed by atoms with E-state index in [4.69, 9.17) is 10.8 Å². The second-order valence-electron chi connectivity index (χ2n) is 4.09. The number of nitrogen functional groups attached to an aromatic ring is 1. The maximum absolute atomic E-state index is 11.6. The molecule has 3 N–H and O–H groups in total. The molecule has 7 heteroatoms. The summed E-state index contributed by atoms with van der Waals surface area (Å²) in [7, 11) is -3.36. The molecule has 0 saturated heterocycles. The summed E-state index contributed by atoms with van der Waals surface area (Å²) in [6.07, 6.45) is 3.05. The van der Waals surface area contributed by atoms with Crippen LogP contribution >= 0.6 is 0 Å². The maximum atomic E-state index is 11.6. The third-order valence-electron chi connectivity index (χ3n) is 2.62. The summed E-state index contributed by atoms with van der Waals surface area (Å²) in [6, 6.07) is 0. The Bertz CT molecular complexity index is 502. The Morgan fingerprint density at radius 2 is 2.19 bits per heavy atom. The van der Waals surface area contributed by atoms with Crippen LogP contribution in [0.2, 0.25) is 0 Å². The number of nitrogens with zero attached hydrogens (tertiary/aromatic N) is 2. The number of aromatic nitrogens is 2. The van der Waals surface area contributed by atoms with E-state index in [1.165, 1.54) is 4.68 Å². The number of hydrogen-bond acceptors (Lipinski definition) is 5. The van der Waals surface area contributed by atoms with Crippen molar-refractivity contribution in [2.75, 3.05) is 18.6 Å². The minimum Gasteiger partial charge on any atom is -0.394 e. The highest BCUT2D eigenvalue weighted by molar-refractivity contribution is 7.91. The van der Waals surface area contributed by atoms with Crippen LogP contribution in [0.3, 0.4) is 0 Å². The van der Waals surface area contributed by atoms with Crippen LogP contribution in [0.15, 0.2) is 4.90 Å². The number of aliphatic hydroxyl groups excluding tert-OH is 1. The van der Waals surface area contributed by atoms with Crippen LogP contribution in [-0.2, 0) is 16.4 Å². The molecule has 90 valence electrons. The first kappa shape index (κ1) is 11.4. The van der Waals surface area contributed by atoms with Gasteiger partial charge in [-0.05, 0) is 12.8 Å². The van der Waals surface area contributed by atoms with Crippen molar-refractivity contribution < 1.29 is 13.5 Å². The van der Waals surface area contributed by atoms with E-state index < -0.39 is 9.84 Å². The Morgan fingerprint density at radius 3 is 2.62 bits per heavy atom. The molecule has 0 unspecified atom stereocenters. The summed E-state index contributed by atoms with van der Waals surface area (Å²) in [6.45, 7) is 0.111. The largest absolute Gasteiger partial charge is 0.394 e. The van der Waals surface area contributed by atoms with Crippen LogP contribution in [0, 0.1) is 0 Å². The molecule has 16 heavy (non-hydrogen) atoms. The average molecular weight is 245 g/mol. The predicted octanol–water partition coefficient (Wildman–Crippen LogP) is -0.261. The first-order valence-corrected chi connectivity index (χ1v) is 7.01. The highest BCUT2D eigenvalue weighted by Crippen LogP contribution is 2.43. The van der Waals surface area contributed by atoms with Crippen molar-refractivity contribution in [2.24, 2.45) is 0 Å². The first-order chi connectivity index (χ1) is 7.45. The first-order valence-electron chi connectivity index (χ1n) is 5.12. The molecule has 0 amide bonds. The average Bonchev–Trinajstić information content (AvgIpc) is 2.92. The Morgan fingerprint density at radius 1 is 1.56 bits per heavy atom. The van der Waals surface area contributed by atoms with Gasteiger partial charge in [-0.2, -0.15) is 5.10 Å². The van der Waals surface area contributed by atoms with Crippen molar-refractivity contribution in [3.8, 4) is 0 Å². The number of sulfone groups is 1. The van der Waals surface area contributed by atoms with Crippen LogP contribution in [0.25, 0.3) is 0 Å². The zero-order valence-electron chi connectivity index (χ0n) is 9.05. The summed E-state index contributed by atoms with van der Waals surface area (Å²) in [4.78, 5) is 0.142. The minimum absolute atomic E-state index is 0.112. The SMILES string of the molecule is CS(=O)(=O)c1c(C2CC2)nn(CCO)c1N.